The zero-order chi connectivity index (χ0) is 17.0. The van der Waals surface area contributed by atoms with Crippen molar-refractivity contribution >= 4 is 11.7 Å². The van der Waals surface area contributed by atoms with Gasteiger partial charge in [0.25, 0.3) is 5.91 Å². The van der Waals surface area contributed by atoms with Gasteiger partial charge in [0.1, 0.15) is 5.75 Å². The van der Waals surface area contributed by atoms with E-state index in [2.05, 4.69) is 5.32 Å². The fourth-order valence-corrected chi connectivity index (χ4v) is 2.15. The van der Waals surface area contributed by atoms with Crippen LogP contribution < -0.4 is 5.32 Å². The molecule has 0 aliphatic carbocycles. The number of aromatic hydroxyl groups is 1. The Kier molecular flexibility index (Phi) is 5.13. The number of hydrogen-bond donors (Lipinski definition) is 3. The highest BCUT2D eigenvalue weighted by molar-refractivity contribution is 6.42. The number of ketones is 1. The number of Topliss-reactive ketones (excluding diaryl/α,β-unsaturated/α-hetero) is 1. The monoisotopic (exact) mass is 313 g/mol. The third-order valence-electron chi connectivity index (χ3n) is 3.59. The Labute approximate surface area is 134 Å². The Morgan fingerprint density at radius 2 is 1.57 bits per heavy atom. The molecule has 0 aromatic heterocycles. The number of amides is 1. The highest BCUT2D eigenvalue weighted by atomic mass is 16.3. The second kappa shape index (κ2) is 7.07. The fourth-order valence-electron chi connectivity index (χ4n) is 2.15. The number of rotatable bonds is 5. The highest BCUT2D eigenvalue weighted by Gasteiger charge is 2.23. The van der Waals surface area contributed by atoms with Gasteiger partial charge in [0, 0.05) is 5.56 Å². The number of carbonyl (C=O) groups excluding carboxylic acids is 2. The Hall–Kier alpha value is -2.66. The van der Waals surface area contributed by atoms with Crippen LogP contribution in [0.25, 0.3) is 0 Å². The summed E-state index contributed by atoms with van der Waals surface area (Å²) in [7, 11) is 0. The topological polar surface area (TPSA) is 86.6 Å². The summed E-state index contributed by atoms with van der Waals surface area (Å²) in [6.45, 7) is 3.57. The molecule has 2 unspecified atom stereocenters. The Balaban J connectivity index is 2.02. The normalized spacial score (nSPS) is 13.2. The predicted molar refractivity (Wildman–Crippen MR) is 86.2 cm³/mol. The van der Waals surface area contributed by atoms with Crippen molar-refractivity contribution in [2.75, 3.05) is 0 Å². The predicted octanol–water partition coefficient (Wildman–Crippen LogP) is 2.12. The van der Waals surface area contributed by atoms with Crippen LogP contribution in [0, 0.1) is 6.92 Å². The number of hydrogen-bond acceptors (Lipinski definition) is 4. The van der Waals surface area contributed by atoms with Gasteiger partial charge in [-0.05, 0) is 43.7 Å². The molecule has 2 rings (SSSR count). The van der Waals surface area contributed by atoms with Crippen molar-refractivity contribution in [3.8, 4) is 5.75 Å². The van der Waals surface area contributed by atoms with Crippen molar-refractivity contribution in [3.05, 3.63) is 65.2 Å². The van der Waals surface area contributed by atoms with Gasteiger partial charge in [-0.1, -0.05) is 29.8 Å². The van der Waals surface area contributed by atoms with E-state index in [-0.39, 0.29) is 11.3 Å². The first-order valence-corrected chi connectivity index (χ1v) is 7.27. The third kappa shape index (κ3) is 4.17. The quantitative estimate of drug-likeness (QED) is 0.583. The number of phenols is 1. The number of nitrogens with one attached hydrogen (secondary N) is 1. The summed E-state index contributed by atoms with van der Waals surface area (Å²) < 4.78 is 0. The van der Waals surface area contributed by atoms with Gasteiger partial charge in [0.2, 0.25) is 5.78 Å². The summed E-state index contributed by atoms with van der Waals surface area (Å²) in [5.41, 5.74) is 1.91. The van der Waals surface area contributed by atoms with E-state index in [1.54, 1.807) is 19.1 Å². The minimum atomic E-state index is -0.910. The Morgan fingerprint density at radius 1 is 1.00 bits per heavy atom. The number of benzene rings is 2. The molecule has 120 valence electrons. The van der Waals surface area contributed by atoms with Gasteiger partial charge < -0.3 is 15.5 Å². The number of aryl methyl sites for hydroxylation is 1. The number of aliphatic hydroxyl groups is 1. The zero-order valence-corrected chi connectivity index (χ0v) is 13.0. The van der Waals surface area contributed by atoms with Crippen LogP contribution >= 0.6 is 0 Å². The molecule has 0 saturated heterocycles. The lowest BCUT2D eigenvalue weighted by atomic mass is 10.0. The van der Waals surface area contributed by atoms with E-state index in [1.165, 1.54) is 24.3 Å². The van der Waals surface area contributed by atoms with Gasteiger partial charge in [-0.25, -0.2) is 0 Å². The van der Waals surface area contributed by atoms with E-state index in [4.69, 9.17) is 0 Å². The van der Waals surface area contributed by atoms with Crippen LogP contribution in [0.1, 0.15) is 34.5 Å². The molecule has 2 atom stereocenters. The summed E-state index contributed by atoms with van der Waals surface area (Å²) in [4.78, 5) is 24.0. The minimum absolute atomic E-state index is 0.0186. The SMILES string of the molecule is Cc1ccc(C(O)C(C)NC(=O)C(=O)c2ccc(O)cc2)cc1. The molecular weight excluding hydrogens is 294 g/mol. The average Bonchev–Trinajstić information content (AvgIpc) is 2.54. The van der Waals surface area contributed by atoms with Crippen LogP contribution in [0.15, 0.2) is 48.5 Å². The lowest BCUT2D eigenvalue weighted by Gasteiger charge is -2.20. The second-order valence-electron chi connectivity index (χ2n) is 5.49. The molecule has 23 heavy (non-hydrogen) atoms. The first kappa shape index (κ1) is 16.7. The number of carbonyl (C=O) groups is 2. The third-order valence-corrected chi connectivity index (χ3v) is 3.59. The van der Waals surface area contributed by atoms with Crippen LogP contribution in [-0.2, 0) is 4.79 Å². The molecule has 2 aromatic rings. The largest absolute Gasteiger partial charge is 0.508 e. The molecule has 5 nitrogen and oxygen atoms in total. The van der Waals surface area contributed by atoms with E-state index in [1.807, 2.05) is 19.1 Å². The van der Waals surface area contributed by atoms with Crippen molar-refractivity contribution in [1.82, 2.24) is 5.32 Å². The maximum absolute atomic E-state index is 12.0. The van der Waals surface area contributed by atoms with E-state index in [0.717, 1.165) is 5.56 Å². The highest BCUT2D eigenvalue weighted by Crippen LogP contribution is 2.17. The van der Waals surface area contributed by atoms with Crippen LogP contribution in [0.4, 0.5) is 0 Å². The summed E-state index contributed by atoms with van der Waals surface area (Å²) in [5.74, 6) is -1.49. The van der Waals surface area contributed by atoms with Crippen molar-refractivity contribution in [1.29, 1.82) is 0 Å². The Bertz CT molecular complexity index is 692. The van der Waals surface area contributed by atoms with Crippen molar-refractivity contribution in [2.45, 2.75) is 26.0 Å². The molecular formula is C18H19NO4. The van der Waals surface area contributed by atoms with Gasteiger partial charge >= 0.3 is 0 Å². The summed E-state index contributed by atoms with van der Waals surface area (Å²) >= 11 is 0. The maximum Gasteiger partial charge on any atom is 0.292 e. The van der Waals surface area contributed by atoms with E-state index in [9.17, 15) is 19.8 Å². The molecule has 0 aliphatic rings. The molecule has 0 bridgehead atoms. The molecule has 0 radical (unpaired) electrons. The van der Waals surface area contributed by atoms with Gasteiger partial charge in [-0.2, -0.15) is 0 Å². The molecule has 0 saturated carbocycles. The van der Waals surface area contributed by atoms with Crippen molar-refractivity contribution in [3.63, 3.8) is 0 Å². The van der Waals surface area contributed by atoms with Gasteiger partial charge in [-0.15, -0.1) is 0 Å². The zero-order valence-electron chi connectivity index (χ0n) is 13.0. The van der Waals surface area contributed by atoms with E-state index >= 15 is 0 Å². The maximum atomic E-state index is 12.0. The van der Waals surface area contributed by atoms with Crippen LogP contribution in [-0.4, -0.2) is 27.9 Å². The average molecular weight is 313 g/mol. The van der Waals surface area contributed by atoms with Gasteiger partial charge in [-0.3, -0.25) is 9.59 Å². The molecule has 0 aliphatic heterocycles. The fraction of sp³-hybridized carbons (Fsp3) is 0.222. The second-order valence-corrected chi connectivity index (χ2v) is 5.49. The lowest BCUT2D eigenvalue weighted by molar-refractivity contribution is -0.118. The van der Waals surface area contributed by atoms with Crippen molar-refractivity contribution in [2.24, 2.45) is 0 Å². The number of phenolic OH excluding ortho intramolecular Hbond substituents is 1. The molecule has 3 N–H and O–H groups in total. The summed E-state index contributed by atoms with van der Waals surface area (Å²) in [6, 6.07) is 12.1. The minimum Gasteiger partial charge on any atom is -0.508 e. The van der Waals surface area contributed by atoms with E-state index in [0.29, 0.717) is 5.56 Å². The molecule has 0 heterocycles. The molecule has 2 aromatic carbocycles. The van der Waals surface area contributed by atoms with Crippen LogP contribution in [0.5, 0.6) is 5.75 Å². The molecule has 0 fully saturated rings. The smallest absolute Gasteiger partial charge is 0.292 e. The molecule has 0 spiro atoms. The standard InChI is InChI=1S/C18H19NO4/c1-11-3-5-13(6-4-11)16(21)12(2)19-18(23)17(22)14-7-9-15(20)10-8-14/h3-10,12,16,20-21H,1-2H3,(H,19,23). The summed E-state index contributed by atoms with van der Waals surface area (Å²) in [5, 5.41) is 22.0. The Morgan fingerprint density at radius 3 is 2.13 bits per heavy atom. The molecule has 5 heteroatoms. The van der Waals surface area contributed by atoms with E-state index < -0.39 is 23.8 Å². The summed E-state index contributed by atoms with van der Waals surface area (Å²) in [6.07, 6.45) is -0.910. The first-order valence-electron chi connectivity index (χ1n) is 7.27. The lowest BCUT2D eigenvalue weighted by Crippen LogP contribution is -2.40. The first-order chi connectivity index (χ1) is 10.9. The number of aliphatic hydroxyl groups excluding tert-OH is 1. The van der Waals surface area contributed by atoms with Crippen molar-refractivity contribution < 1.29 is 19.8 Å². The molecule has 1 amide bonds. The van der Waals surface area contributed by atoms with Gasteiger partial charge in [0.15, 0.2) is 0 Å². The van der Waals surface area contributed by atoms with Gasteiger partial charge in [0.05, 0.1) is 12.1 Å². The van der Waals surface area contributed by atoms with Crippen LogP contribution in [0.2, 0.25) is 0 Å². The van der Waals surface area contributed by atoms with Crippen LogP contribution in [0.3, 0.4) is 0 Å².